The fourth-order valence-corrected chi connectivity index (χ4v) is 2.68. The first-order valence-electron chi connectivity index (χ1n) is 7.78. The van der Waals surface area contributed by atoms with Gasteiger partial charge in [0.05, 0.1) is 18.1 Å². The highest BCUT2D eigenvalue weighted by Crippen LogP contribution is 2.31. The van der Waals surface area contributed by atoms with Gasteiger partial charge in [-0.25, -0.2) is 4.79 Å². The first-order chi connectivity index (χ1) is 12.3. The number of carbonyl (C=O) groups is 2. The number of carbonyl (C=O) groups excluding carboxylic acids is 2. The van der Waals surface area contributed by atoms with Crippen molar-refractivity contribution in [3.05, 3.63) is 29.8 Å². The van der Waals surface area contributed by atoms with Gasteiger partial charge in [-0.3, -0.25) is 9.69 Å². The minimum atomic E-state index is -2.96. The van der Waals surface area contributed by atoms with Gasteiger partial charge in [0.2, 0.25) is 0 Å². The quantitative estimate of drug-likeness (QED) is 0.750. The van der Waals surface area contributed by atoms with Crippen LogP contribution in [0.3, 0.4) is 0 Å². The van der Waals surface area contributed by atoms with Crippen LogP contribution >= 0.6 is 0 Å². The molecule has 1 heterocycles. The SMILES string of the molecule is C[C@@]1(c2ccc(OC(F)F)cc2)NC(=O)N(C[C@@H](C#N)CCC#N)C1=O. The summed E-state index contributed by atoms with van der Waals surface area (Å²) in [6, 6.07) is 8.64. The summed E-state index contributed by atoms with van der Waals surface area (Å²) in [6.45, 7) is -1.59. The zero-order valence-corrected chi connectivity index (χ0v) is 13.9. The number of ether oxygens (including phenoxy) is 1. The molecule has 1 N–H and O–H groups in total. The molecule has 1 aromatic carbocycles. The summed E-state index contributed by atoms with van der Waals surface area (Å²) in [5, 5.41) is 20.3. The molecule has 1 saturated heterocycles. The molecular weight excluding hydrogens is 346 g/mol. The molecule has 1 fully saturated rings. The van der Waals surface area contributed by atoms with E-state index in [1.807, 2.05) is 12.1 Å². The van der Waals surface area contributed by atoms with Gasteiger partial charge in [0, 0.05) is 13.0 Å². The highest BCUT2D eigenvalue weighted by atomic mass is 19.3. The molecular formula is C17H16F2N4O3. The summed E-state index contributed by atoms with van der Waals surface area (Å²) in [5.74, 6) is -1.27. The van der Waals surface area contributed by atoms with E-state index in [4.69, 9.17) is 10.5 Å². The lowest BCUT2D eigenvalue weighted by Crippen LogP contribution is -2.41. The minimum absolute atomic E-state index is 0.0676. The van der Waals surface area contributed by atoms with Crippen molar-refractivity contribution in [2.45, 2.75) is 31.9 Å². The standard InChI is InChI=1S/C17H16F2N4O3/c1-17(12-4-6-13(7-5-12)26-15(18)19)14(24)23(16(25)22-17)10-11(9-21)3-2-8-20/h4-7,11,15H,2-3,10H2,1H3,(H,22,25)/t11-,17+/m1/s1. The van der Waals surface area contributed by atoms with Crippen LogP contribution in [0.1, 0.15) is 25.3 Å². The molecule has 0 radical (unpaired) electrons. The molecule has 0 unspecified atom stereocenters. The van der Waals surface area contributed by atoms with Gasteiger partial charge in [-0.2, -0.15) is 19.3 Å². The molecule has 0 aromatic heterocycles. The van der Waals surface area contributed by atoms with Gasteiger partial charge in [0.15, 0.2) is 0 Å². The van der Waals surface area contributed by atoms with Gasteiger partial charge >= 0.3 is 12.6 Å². The van der Waals surface area contributed by atoms with Gasteiger partial charge in [0.1, 0.15) is 11.3 Å². The Balaban J connectivity index is 2.18. The van der Waals surface area contributed by atoms with Gasteiger partial charge in [-0.15, -0.1) is 0 Å². The van der Waals surface area contributed by atoms with Gasteiger partial charge in [-0.05, 0) is 31.0 Å². The van der Waals surface area contributed by atoms with Crippen LogP contribution in [0.15, 0.2) is 24.3 Å². The second-order valence-electron chi connectivity index (χ2n) is 5.90. The number of imide groups is 1. The molecule has 136 valence electrons. The lowest BCUT2D eigenvalue weighted by molar-refractivity contribution is -0.131. The Morgan fingerprint density at radius 1 is 1.27 bits per heavy atom. The second kappa shape index (κ2) is 7.79. The third kappa shape index (κ3) is 3.89. The molecule has 0 aliphatic carbocycles. The van der Waals surface area contributed by atoms with Crippen LogP contribution in [-0.2, 0) is 10.3 Å². The molecule has 3 amide bonds. The van der Waals surface area contributed by atoms with Crippen molar-refractivity contribution in [2.24, 2.45) is 5.92 Å². The van der Waals surface area contributed by atoms with E-state index in [2.05, 4.69) is 10.1 Å². The number of nitrogens with zero attached hydrogens (tertiary/aromatic N) is 3. The van der Waals surface area contributed by atoms with Crippen molar-refractivity contribution in [1.82, 2.24) is 10.2 Å². The van der Waals surface area contributed by atoms with Gasteiger partial charge in [-0.1, -0.05) is 12.1 Å². The second-order valence-corrected chi connectivity index (χ2v) is 5.90. The van der Waals surface area contributed by atoms with Crippen molar-refractivity contribution in [3.8, 4) is 17.9 Å². The Morgan fingerprint density at radius 3 is 2.46 bits per heavy atom. The maximum atomic E-state index is 12.7. The van der Waals surface area contributed by atoms with Crippen LogP contribution in [0.25, 0.3) is 0 Å². The first kappa shape index (κ1) is 19.1. The van der Waals surface area contributed by atoms with Crippen LogP contribution in [0.2, 0.25) is 0 Å². The van der Waals surface area contributed by atoms with E-state index >= 15 is 0 Å². The first-order valence-corrected chi connectivity index (χ1v) is 7.78. The van der Waals surface area contributed by atoms with E-state index in [9.17, 15) is 18.4 Å². The van der Waals surface area contributed by atoms with E-state index in [1.165, 1.54) is 31.2 Å². The molecule has 0 bridgehead atoms. The van der Waals surface area contributed by atoms with Crippen LogP contribution in [0.4, 0.5) is 13.6 Å². The van der Waals surface area contributed by atoms with E-state index in [0.29, 0.717) is 5.56 Å². The molecule has 0 saturated carbocycles. The highest BCUT2D eigenvalue weighted by molar-refractivity contribution is 6.07. The Labute approximate surface area is 148 Å². The van der Waals surface area contributed by atoms with Crippen LogP contribution in [0, 0.1) is 28.6 Å². The predicted octanol–water partition coefficient (Wildman–Crippen LogP) is 2.50. The van der Waals surface area contributed by atoms with Gasteiger partial charge < -0.3 is 10.1 Å². The maximum Gasteiger partial charge on any atom is 0.387 e. The van der Waals surface area contributed by atoms with Crippen molar-refractivity contribution in [3.63, 3.8) is 0 Å². The normalized spacial score (nSPS) is 20.5. The summed E-state index contributed by atoms with van der Waals surface area (Å²) < 4.78 is 28.7. The maximum absolute atomic E-state index is 12.7. The zero-order chi connectivity index (χ0) is 19.3. The fraction of sp³-hybridized carbons (Fsp3) is 0.412. The Kier molecular flexibility index (Phi) is 5.73. The largest absolute Gasteiger partial charge is 0.435 e. The van der Waals surface area contributed by atoms with E-state index in [0.717, 1.165) is 4.90 Å². The van der Waals surface area contributed by atoms with E-state index in [-0.39, 0.29) is 25.1 Å². The summed E-state index contributed by atoms with van der Waals surface area (Å²) in [6.07, 6.45) is 0.394. The molecule has 1 aliphatic rings. The number of hydrogen-bond acceptors (Lipinski definition) is 5. The lowest BCUT2D eigenvalue weighted by Gasteiger charge is -2.23. The summed E-state index contributed by atoms with van der Waals surface area (Å²) in [5.41, 5.74) is -0.985. The average molecular weight is 362 g/mol. The summed E-state index contributed by atoms with van der Waals surface area (Å²) >= 11 is 0. The Hall–Kier alpha value is -3.20. The fourth-order valence-electron chi connectivity index (χ4n) is 2.68. The number of benzene rings is 1. The van der Waals surface area contributed by atoms with Crippen LogP contribution < -0.4 is 10.1 Å². The van der Waals surface area contributed by atoms with Crippen molar-refractivity contribution < 1.29 is 23.1 Å². The average Bonchev–Trinajstić information content (AvgIpc) is 2.82. The number of hydrogen-bond donors (Lipinski definition) is 1. The van der Waals surface area contributed by atoms with Crippen molar-refractivity contribution in [2.75, 3.05) is 6.54 Å². The third-order valence-corrected chi connectivity index (χ3v) is 4.12. The molecule has 1 aromatic rings. The minimum Gasteiger partial charge on any atom is -0.435 e. The molecule has 2 rings (SSSR count). The zero-order valence-electron chi connectivity index (χ0n) is 13.9. The van der Waals surface area contributed by atoms with Crippen LogP contribution in [0.5, 0.6) is 5.75 Å². The van der Waals surface area contributed by atoms with Crippen LogP contribution in [-0.4, -0.2) is 30.0 Å². The number of amides is 3. The predicted molar refractivity (Wildman–Crippen MR) is 84.6 cm³/mol. The molecule has 1 aliphatic heterocycles. The topological polar surface area (TPSA) is 106 Å². The van der Waals surface area contributed by atoms with Gasteiger partial charge in [0.25, 0.3) is 5.91 Å². The lowest BCUT2D eigenvalue weighted by atomic mass is 9.91. The highest BCUT2D eigenvalue weighted by Gasteiger charge is 2.49. The van der Waals surface area contributed by atoms with E-state index < -0.39 is 30.0 Å². The monoisotopic (exact) mass is 362 g/mol. The number of alkyl halides is 2. The Bertz CT molecular complexity index is 770. The summed E-state index contributed by atoms with van der Waals surface area (Å²) in [4.78, 5) is 25.9. The van der Waals surface area contributed by atoms with Crippen molar-refractivity contribution >= 4 is 11.9 Å². The molecule has 0 spiro atoms. The number of nitriles is 2. The van der Waals surface area contributed by atoms with E-state index in [1.54, 1.807) is 0 Å². The Morgan fingerprint density at radius 2 is 1.92 bits per heavy atom. The molecule has 9 heteroatoms. The van der Waals surface area contributed by atoms with Crippen molar-refractivity contribution in [1.29, 1.82) is 10.5 Å². The third-order valence-electron chi connectivity index (χ3n) is 4.12. The molecule has 26 heavy (non-hydrogen) atoms. The molecule has 7 nitrogen and oxygen atoms in total. The number of nitrogens with one attached hydrogen (secondary N) is 1. The number of halogens is 2. The summed E-state index contributed by atoms with van der Waals surface area (Å²) in [7, 11) is 0. The molecule has 2 atom stereocenters. The number of rotatable bonds is 7. The smallest absolute Gasteiger partial charge is 0.387 e. The number of urea groups is 1.